The van der Waals surface area contributed by atoms with Crippen LogP contribution in [-0.4, -0.2) is 25.2 Å². The van der Waals surface area contributed by atoms with Crippen LogP contribution >= 0.6 is 11.6 Å². The molecule has 0 saturated carbocycles. The molecule has 130 valence electrons. The second-order valence-electron chi connectivity index (χ2n) is 5.33. The predicted octanol–water partition coefficient (Wildman–Crippen LogP) is 3.84. The zero-order valence-electron chi connectivity index (χ0n) is 13.1. The van der Waals surface area contributed by atoms with Crippen molar-refractivity contribution in [3.63, 3.8) is 0 Å². The molecular weight excluding hydrogens is 366 g/mol. The van der Waals surface area contributed by atoms with Gasteiger partial charge in [-0.3, -0.25) is 4.79 Å². The Kier molecular flexibility index (Phi) is 4.45. The van der Waals surface area contributed by atoms with E-state index in [9.17, 15) is 18.3 Å². The van der Waals surface area contributed by atoms with Crippen LogP contribution in [0, 0.1) is 0 Å². The van der Waals surface area contributed by atoms with E-state index < -0.39 is 15.7 Å². The smallest absolute Gasteiger partial charge is 0.291 e. The van der Waals surface area contributed by atoms with Crippen molar-refractivity contribution in [1.29, 1.82) is 0 Å². The van der Waals surface area contributed by atoms with Crippen LogP contribution in [0.1, 0.15) is 17.5 Å². The Hall–Kier alpha value is -2.51. The molecule has 1 aromatic heterocycles. The van der Waals surface area contributed by atoms with E-state index in [1.807, 2.05) is 0 Å². The number of hydrogen-bond acceptors (Lipinski definition) is 5. The van der Waals surface area contributed by atoms with Crippen LogP contribution in [0.2, 0.25) is 5.02 Å². The summed E-state index contributed by atoms with van der Waals surface area (Å²) in [4.78, 5) is 12.4. The number of phenols is 1. The van der Waals surface area contributed by atoms with Crippen molar-refractivity contribution in [3.05, 3.63) is 53.2 Å². The Bertz CT molecular complexity index is 1070. The van der Waals surface area contributed by atoms with E-state index in [2.05, 4.69) is 5.32 Å². The lowest BCUT2D eigenvalue weighted by Crippen LogP contribution is -2.12. The normalized spacial score (nSPS) is 11.6. The molecule has 2 N–H and O–H groups in total. The Balaban J connectivity index is 1.93. The van der Waals surface area contributed by atoms with Gasteiger partial charge in [-0.25, -0.2) is 8.42 Å². The lowest BCUT2D eigenvalue weighted by atomic mass is 10.2. The molecule has 1 heterocycles. The maximum Gasteiger partial charge on any atom is 0.291 e. The number of furan rings is 1. The first-order valence-electron chi connectivity index (χ1n) is 7.36. The summed E-state index contributed by atoms with van der Waals surface area (Å²) in [6.45, 7) is 1.51. The number of halogens is 1. The number of anilines is 1. The van der Waals surface area contributed by atoms with Gasteiger partial charge in [-0.1, -0.05) is 18.5 Å². The third-order valence-corrected chi connectivity index (χ3v) is 5.62. The molecule has 0 aliphatic carbocycles. The first-order chi connectivity index (χ1) is 11.8. The van der Waals surface area contributed by atoms with Crippen LogP contribution in [0.25, 0.3) is 11.0 Å². The van der Waals surface area contributed by atoms with Crippen LogP contribution in [0.5, 0.6) is 5.75 Å². The number of hydrogen-bond donors (Lipinski definition) is 2. The van der Waals surface area contributed by atoms with Crippen molar-refractivity contribution >= 4 is 44.0 Å². The fraction of sp³-hybridized carbons (Fsp3) is 0.118. The SMILES string of the molecule is CCS(=O)(=O)c1ccc(O)c(NC(=O)c2cc3cc(Cl)ccc3o2)c1. The maximum absolute atomic E-state index is 12.4. The highest BCUT2D eigenvalue weighted by Crippen LogP contribution is 2.28. The maximum atomic E-state index is 12.4. The fourth-order valence-electron chi connectivity index (χ4n) is 2.29. The number of fused-ring (bicyclic) bond motifs is 1. The largest absolute Gasteiger partial charge is 0.506 e. The van der Waals surface area contributed by atoms with Crippen molar-refractivity contribution in [2.24, 2.45) is 0 Å². The van der Waals surface area contributed by atoms with E-state index >= 15 is 0 Å². The average Bonchev–Trinajstić information content (AvgIpc) is 2.99. The number of nitrogens with one attached hydrogen (secondary N) is 1. The van der Waals surface area contributed by atoms with E-state index in [-0.39, 0.29) is 27.8 Å². The number of rotatable bonds is 4. The van der Waals surface area contributed by atoms with Gasteiger partial charge >= 0.3 is 0 Å². The van der Waals surface area contributed by atoms with Gasteiger partial charge in [-0.05, 0) is 42.5 Å². The zero-order valence-corrected chi connectivity index (χ0v) is 14.7. The van der Waals surface area contributed by atoms with Crippen LogP contribution in [0.3, 0.4) is 0 Å². The number of benzene rings is 2. The molecule has 0 aliphatic rings. The van der Waals surface area contributed by atoms with Crippen molar-refractivity contribution in [2.45, 2.75) is 11.8 Å². The Morgan fingerprint density at radius 1 is 1.20 bits per heavy atom. The molecule has 6 nitrogen and oxygen atoms in total. The van der Waals surface area contributed by atoms with Gasteiger partial charge in [0.1, 0.15) is 11.3 Å². The number of carbonyl (C=O) groups excluding carboxylic acids is 1. The molecule has 8 heteroatoms. The summed E-state index contributed by atoms with van der Waals surface area (Å²) in [5.41, 5.74) is 0.471. The molecule has 1 amide bonds. The summed E-state index contributed by atoms with van der Waals surface area (Å²) in [7, 11) is -3.46. The van der Waals surface area contributed by atoms with E-state index in [4.69, 9.17) is 16.0 Å². The zero-order chi connectivity index (χ0) is 18.2. The second kappa shape index (κ2) is 6.42. The fourth-order valence-corrected chi connectivity index (χ4v) is 3.37. The molecule has 0 atom stereocenters. The number of sulfone groups is 1. The number of amides is 1. The molecule has 25 heavy (non-hydrogen) atoms. The monoisotopic (exact) mass is 379 g/mol. The molecule has 0 spiro atoms. The van der Waals surface area contributed by atoms with Gasteiger partial charge in [0.25, 0.3) is 5.91 Å². The first-order valence-corrected chi connectivity index (χ1v) is 9.39. The lowest BCUT2D eigenvalue weighted by molar-refractivity contribution is 0.0998. The molecule has 2 aromatic carbocycles. The van der Waals surface area contributed by atoms with Crippen LogP contribution in [0.15, 0.2) is 51.8 Å². The summed E-state index contributed by atoms with van der Waals surface area (Å²) in [6.07, 6.45) is 0. The minimum absolute atomic E-state index is 0.0134. The molecule has 3 aromatic rings. The lowest BCUT2D eigenvalue weighted by Gasteiger charge is -2.08. The Morgan fingerprint density at radius 2 is 1.96 bits per heavy atom. The van der Waals surface area contributed by atoms with Gasteiger partial charge in [0.15, 0.2) is 15.6 Å². The van der Waals surface area contributed by atoms with Gasteiger partial charge in [0.2, 0.25) is 0 Å². The molecule has 0 saturated heterocycles. The Morgan fingerprint density at radius 3 is 2.68 bits per heavy atom. The van der Waals surface area contributed by atoms with E-state index in [0.717, 1.165) is 0 Å². The van der Waals surface area contributed by atoms with Crippen molar-refractivity contribution < 1.29 is 22.7 Å². The minimum atomic E-state index is -3.46. The summed E-state index contributed by atoms with van der Waals surface area (Å²) in [5.74, 6) is -0.938. The van der Waals surface area contributed by atoms with Gasteiger partial charge in [0, 0.05) is 10.4 Å². The van der Waals surface area contributed by atoms with E-state index in [0.29, 0.717) is 16.0 Å². The highest BCUT2D eigenvalue weighted by atomic mass is 35.5. The van der Waals surface area contributed by atoms with E-state index in [1.165, 1.54) is 31.2 Å². The quantitative estimate of drug-likeness (QED) is 0.671. The predicted molar refractivity (Wildman–Crippen MR) is 95.0 cm³/mol. The first kappa shape index (κ1) is 17.3. The number of phenolic OH excluding ortho intramolecular Hbond substituents is 1. The second-order valence-corrected chi connectivity index (χ2v) is 8.04. The molecule has 0 bridgehead atoms. The van der Waals surface area contributed by atoms with E-state index in [1.54, 1.807) is 18.2 Å². The summed E-state index contributed by atoms with van der Waals surface area (Å²) < 4.78 is 29.3. The highest BCUT2D eigenvalue weighted by molar-refractivity contribution is 7.91. The van der Waals surface area contributed by atoms with Crippen LogP contribution < -0.4 is 5.32 Å². The molecular formula is C17H14ClNO5S. The van der Waals surface area contributed by atoms with Crippen molar-refractivity contribution in [3.8, 4) is 5.75 Å². The molecule has 3 rings (SSSR count). The van der Waals surface area contributed by atoms with Gasteiger partial charge < -0.3 is 14.8 Å². The topological polar surface area (TPSA) is 96.6 Å². The molecule has 0 radical (unpaired) electrons. The standard InChI is InChI=1S/C17H14ClNO5S/c1-2-25(22,23)12-4-5-14(20)13(9-12)19-17(21)16-8-10-7-11(18)3-6-15(10)24-16/h3-9,20H,2H2,1H3,(H,19,21). The third kappa shape index (κ3) is 3.47. The summed E-state index contributed by atoms with van der Waals surface area (Å²) in [6, 6.07) is 10.2. The summed E-state index contributed by atoms with van der Waals surface area (Å²) >= 11 is 5.90. The van der Waals surface area contributed by atoms with Crippen LogP contribution in [-0.2, 0) is 9.84 Å². The molecule has 0 unspecified atom stereocenters. The van der Waals surface area contributed by atoms with Gasteiger partial charge in [-0.15, -0.1) is 0 Å². The van der Waals surface area contributed by atoms with Crippen LogP contribution in [0.4, 0.5) is 5.69 Å². The van der Waals surface area contributed by atoms with Crippen molar-refractivity contribution in [2.75, 3.05) is 11.1 Å². The minimum Gasteiger partial charge on any atom is -0.506 e. The Labute approximate surface area is 148 Å². The van der Waals surface area contributed by atoms with Gasteiger partial charge in [0.05, 0.1) is 16.3 Å². The number of carbonyl (C=O) groups is 1. The number of aromatic hydroxyl groups is 1. The highest BCUT2D eigenvalue weighted by Gasteiger charge is 2.18. The average molecular weight is 380 g/mol. The van der Waals surface area contributed by atoms with Crippen molar-refractivity contribution in [1.82, 2.24) is 0 Å². The molecule has 0 fully saturated rings. The third-order valence-electron chi connectivity index (χ3n) is 3.66. The molecule has 0 aliphatic heterocycles. The van der Waals surface area contributed by atoms with Gasteiger partial charge in [-0.2, -0.15) is 0 Å². The summed E-state index contributed by atoms with van der Waals surface area (Å²) in [5, 5.41) is 13.5.